The Balaban J connectivity index is 1.78. The third-order valence-corrected chi connectivity index (χ3v) is 4.16. The van der Waals surface area contributed by atoms with Crippen molar-refractivity contribution in [1.82, 2.24) is 10.3 Å². The Hall–Kier alpha value is -0.800. The van der Waals surface area contributed by atoms with E-state index in [2.05, 4.69) is 21.3 Å². The minimum Gasteiger partial charge on any atom is -0.369 e. The van der Waals surface area contributed by atoms with Gasteiger partial charge in [-0.2, -0.15) is 0 Å². The molecule has 0 aromatic carbocycles. The largest absolute Gasteiger partial charge is 0.369 e. The number of halogens is 1. The van der Waals surface area contributed by atoms with Crippen LogP contribution in [0.3, 0.4) is 0 Å². The first kappa shape index (κ1) is 10.4. The maximum absolute atomic E-state index is 5.94. The number of nitrogens with one attached hydrogen (secondary N) is 1. The molecular weight excluding hydrogens is 222 g/mol. The normalized spacial score (nSPS) is 28.5. The summed E-state index contributed by atoms with van der Waals surface area (Å²) in [7, 11) is 0. The Labute approximate surface area is 101 Å². The van der Waals surface area contributed by atoms with Crippen LogP contribution in [0.2, 0.25) is 5.15 Å². The summed E-state index contributed by atoms with van der Waals surface area (Å²) in [6.07, 6.45) is 3.17. The van der Waals surface area contributed by atoms with Crippen LogP contribution in [0.15, 0.2) is 12.3 Å². The van der Waals surface area contributed by atoms with Crippen LogP contribution in [0, 0.1) is 12.8 Å². The van der Waals surface area contributed by atoms with Crippen molar-refractivity contribution in [3.05, 3.63) is 23.0 Å². The summed E-state index contributed by atoms with van der Waals surface area (Å²) >= 11 is 5.94. The molecule has 2 saturated heterocycles. The van der Waals surface area contributed by atoms with Crippen molar-refractivity contribution in [2.45, 2.75) is 19.4 Å². The maximum atomic E-state index is 5.94. The molecule has 0 amide bonds. The summed E-state index contributed by atoms with van der Waals surface area (Å²) < 4.78 is 0. The second-order valence-corrected chi connectivity index (χ2v) is 5.17. The van der Waals surface area contributed by atoms with Gasteiger partial charge >= 0.3 is 0 Å². The molecule has 2 aliphatic heterocycles. The molecule has 0 unspecified atom stereocenters. The van der Waals surface area contributed by atoms with Crippen LogP contribution in [0.25, 0.3) is 0 Å². The quantitative estimate of drug-likeness (QED) is 0.756. The monoisotopic (exact) mass is 237 g/mol. The van der Waals surface area contributed by atoms with E-state index in [1.54, 1.807) is 0 Å². The Morgan fingerprint density at radius 2 is 2.44 bits per heavy atom. The van der Waals surface area contributed by atoms with Crippen LogP contribution in [0.4, 0.5) is 5.69 Å². The van der Waals surface area contributed by atoms with Crippen LogP contribution >= 0.6 is 11.6 Å². The Kier molecular flexibility index (Phi) is 2.52. The van der Waals surface area contributed by atoms with Crippen molar-refractivity contribution in [1.29, 1.82) is 0 Å². The average Bonchev–Trinajstić information content (AvgIpc) is 2.24. The van der Waals surface area contributed by atoms with Crippen molar-refractivity contribution in [2.24, 2.45) is 5.92 Å². The lowest BCUT2D eigenvalue weighted by Gasteiger charge is -2.47. The van der Waals surface area contributed by atoms with Gasteiger partial charge in [0.05, 0.1) is 11.9 Å². The average molecular weight is 238 g/mol. The van der Waals surface area contributed by atoms with E-state index >= 15 is 0 Å². The van der Waals surface area contributed by atoms with Gasteiger partial charge in [-0.25, -0.2) is 4.98 Å². The Morgan fingerprint density at radius 1 is 1.56 bits per heavy atom. The number of rotatable bonds is 1. The summed E-state index contributed by atoms with van der Waals surface area (Å²) in [5.41, 5.74) is 2.26. The molecule has 2 fully saturated rings. The van der Waals surface area contributed by atoms with E-state index in [9.17, 15) is 0 Å². The number of aryl methyl sites for hydroxylation is 1. The molecule has 3 nitrogen and oxygen atoms in total. The lowest BCUT2D eigenvalue weighted by Crippen LogP contribution is -2.62. The van der Waals surface area contributed by atoms with Crippen LogP contribution in [-0.4, -0.2) is 30.7 Å². The number of hydrogen-bond acceptors (Lipinski definition) is 3. The van der Waals surface area contributed by atoms with E-state index < -0.39 is 0 Å². The van der Waals surface area contributed by atoms with Crippen LogP contribution in [-0.2, 0) is 0 Å². The summed E-state index contributed by atoms with van der Waals surface area (Å²) in [6, 6.07) is 2.82. The number of anilines is 1. The molecule has 1 N–H and O–H groups in total. The highest BCUT2D eigenvalue weighted by Gasteiger charge is 2.35. The van der Waals surface area contributed by atoms with Crippen LogP contribution in [0.5, 0.6) is 0 Å². The zero-order valence-corrected chi connectivity index (χ0v) is 10.2. The first-order valence-corrected chi connectivity index (χ1v) is 6.22. The molecule has 3 heterocycles. The predicted octanol–water partition coefficient (Wildman–Crippen LogP) is 1.84. The van der Waals surface area contributed by atoms with Crippen molar-refractivity contribution in [3.8, 4) is 0 Å². The van der Waals surface area contributed by atoms with Crippen molar-refractivity contribution in [3.63, 3.8) is 0 Å². The Morgan fingerprint density at radius 3 is 3.06 bits per heavy atom. The highest BCUT2D eigenvalue weighted by atomic mass is 35.5. The molecule has 3 rings (SSSR count). The molecule has 1 aromatic heterocycles. The van der Waals surface area contributed by atoms with Crippen molar-refractivity contribution < 1.29 is 0 Å². The van der Waals surface area contributed by atoms with Crippen LogP contribution in [0.1, 0.15) is 12.0 Å². The van der Waals surface area contributed by atoms with Gasteiger partial charge in [0, 0.05) is 19.1 Å². The van der Waals surface area contributed by atoms with Gasteiger partial charge in [-0.3, -0.25) is 0 Å². The van der Waals surface area contributed by atoms with Gasteiger partial charge in [0.25, 0.3) is 0 Å². The van der Waals surface area contributed by atoms with E-state index in [-0.39, 0.29) is 0 Å². The highest BCUT2D eigenvalue weighted by molar-refractivity contribution is 6.30. The fourth-order valence-corrected chi connectivity index (χ4v) is 2.67. The van der Waals surface area contributed by atoms with E-state index in [0.29, 0.717) is 11.2 Å². The predicted molar refractivity (Wildman–Crippen MR) is 66.1 cm³/mol. The minimum atomic E-state index is 0.611. The highest BCUT2D eigenvalue weighted by Crippen LogP contribution is 2.28. The van der Waals surface area contributed by atoms with Gasteiger partial charge in [-0.05, 0) is 37.4 Å². The third-order valence-electron chi connectivity index (χ3n) is 3.76. The van der Waals surface area contributed by atoms with E-state index in [1.807, 2.05) is 13.1 Å². The molecule has 86 valence electrons. The Bertz CT molecular complexity index is 407. The standard InChI is InChI=1S/C12H16ClN3/c1-8-4-10(6-15-12(8)13)16-3-2-9-5-14-11(9)7-16/h4,6,9,11,14H,2-3,5,7H2,1H3/t9-,11-/m1/s1. The van der Waals surface area contributed by atoms with Gasteiger partial charge in [-0.1, -0.05) is 11.6 Å². The van der Waals surface area contributed by atoms with Gasteiger partial charge in [-0.15, -0.1) is 0 Å². The number of fused-ring (bicyclic) bond motifs is 1. The third kappa shape index (κ3) is 1.68. The lowest BCUT2D eigenvalue weighted by atomic mass is 9.85. The fraction of sp³-hybridized carbons (Fsp3) is 0.583. The summed E-state index contributed by atoms with van der Waals surface area (Å²) in [5, 5.41) is 4.10. The first-order valence-electron chi connectivity index (χ1n) is 5.84. The molecule has 0 radical (unpaired) electrons. The molecule has 0 spiro atoms. The maximum Gasteiger partial charge on any atom is 0.132 e. The molecule has 4 heteroatoms. The summed E-state index contributed by atoms with van der Waals surface area (Å²) in [4.78, 5) is 6.63. The number of aromatic nitrogens is 1. The van der Waals surface area contributed by atoms with Gasteiger partial charge in [0.1, 0.15) is 5.15 Å². The van der Waals surface area contributed by atoms with Gasteiger partial charge < -0.3 is 10.2 Å². The van der Waals surface area contributed by atoms with E-state index in [1.165, 1.54) is 18.7 Å². The fourth-order valence-electron chi connectivity index (χ4n) is 2.57. The molecular formula is C12H16ClN3. The first-order chi connectivity index (χ1) is 7.74. The summed E-state index contributed by atoms with van der Waals surface area (Å²) in [5.74, 6) is 0.901. The molecule has 0 aliphatic carbocycles. The molecule has 0 bridgehead atoms. The number of nitrogens with zero attached hydrogens (tertiary/aromatic N) is 2. The minimum absolute atomic E-state index is 0.611. The van der Waals surface area contributed by atoms with Crippen molar-refractivity contribution >= 4 is 17.3 Å². The lowest BCUT2D eigenvalue weighted by molar-refractivity contribution is 0.197. The topological polar surface area (TPSA) is 28.2 Å². The molecule has 2 aliphatic rings. The van der Waals surface area contributed by atoms with Gasteiger partial charge in [0.2, 0.25) is 0 Å². The SMILES string of the molecule is Cc1cc(N2CC[C@@H]3CN[C@@H]3C2)cnc1Cl. The number of piperidine rings is 1. The number of pyridine rings is 1. The second-order valence-electron chi connectivity index (χ2n) is 4.81. The second kappa shape index (κ2) is 3.90. The molecule has 1 aromatic rings. The van der Waals surface area contributed by atoms with E-state index in [0.717, 1.165) is 24.6 Å². The van der Waals surface area contributed by atoms with Crippen molar-refractivity contribution in [2.75, 3.05) is 24.5 Å². The molecule has 16 heavy (non-hydrogen) atoms. The molecule has 2 atom stereocenters. The van der Waals surface area contributed by atoms with E-state index in [4.69, 9.17) is 11.6 Å². The smallest absolute Gasteiger partial charge is 0.132 e. The zero-order valence-electron chi connectivity index (χ0n) is 9.41. The summed E-state index contributed by atoms with van der Waals surface area (Å²) in [6.45, 7) is 5.46. The zero-order chi connectivity index (χ0) is 11.1. The van der Waals surface area contributed by atoms with Gasteiger partial charge in [0.15, 0.2) is 0 Å². The number of hydrogen-bond donors (Lipinski definition) is 1. The van der Waals surface area contributed by atoms with Crippen LogP contribution < -0.4 is 10.2 Å². The molecule has 0 saturated carbocycles.